The van der Waals surface area contributed by atoms with Gasteiger partial charge >= 0.3 is 12.1 Å². The van der Waals surface area contributed by atoms with Gasteiger partial charge in [0, 0.05) is 19.3 Å². The smallest absolute Gasteiger partial charge is 0.410 e. The largest absolute Gasteiger partial charge is 0.480 e. The summed E-state index contributed by atoms with van der Waals surface area (Å²) in [4.78, 5) is 43.0. The predicted molar refractivity (Wildman–Crippen MR) is 159 cm³/mol. The highest BCUT2D eigenvalue weighted by molar-refractivity contribution is 7.89. The van der Waals surface area contributed by atoms with E-state index in [0.717, 1.165) is 5.56 Å². The standard InChI is InChI=1S/C29H41N5O8S/c1-18(2)16-42-29(38)34-15-23(12-22(34)13-31-25-8-6-7-9-30-25)41-17-26(35)32-14-24(28(36)37)33-43(39,40)27-20(4)10-19(3)11-21(27)5/h6-11,18,22-24,33H,12-17H2,1-5H3,(H,30,31)(H,32,35)(H,36,37). The molecule has 1 aliphatic heterocycles. The molecule has 2 aromatic rings. The number of nitrogens with zero attached hydrogens (tertiary/aromatic N) is 2. The number of benzene rings is 1. The molecule has 2 heterocycles. The molecule has 4 N–H and O–H groups in total. The highest BCUT2D eigenvalue weighted by atomic mass is 32.2. The van der Waals surface area contributed by atoms with Gasteiger partial charge in [-0.25, -0.2) is 18.2 Å². The van der Waals surface area contributed by atoms with Gasteiger partial charge in [-0.2, -0.15) is 4.72 Å². The van der Waals surface area contributed by atoms with E-state index in [2.05, 4.69) is 20.3 Å². The van der Waals surface area contributed by atoms with E-state index in [1.807, 2.05) is 32.9 Å². The molecule has 0 bridgehead atoms. The molecular formula is C29H41N5O8S. The maximum atomic E-state index is 13.0. The molecule has 3 unspecified atom stereocenters. The average molecular weight is 620 g/mol. The summed E-state index contributed by atoms with van der Waals surface area (Å²) in [5, 5.41) is 15.3. The van der Waals surface area contributed by atoms with Crippen LogP contribution in [0.1, 0.15) is 37.0 Å². The molecule has 1 fully saturated rings. The van der Waals surface area contributed by atoms with E-state index in [9.17, 15) is 27.9 Å². The number of ether oxygens (including phenoxy) is 2. The third-order valence-corrected chi connectivity index (χ3v) is 8.53. The fraction of sp³-hybridized carbons (Fsp3) is 0.517. The molecular weight excluding hydrogens is 578 g/mol. The summed E-state index contributed by atoms with van der Waals surface area (Å²) in [5.41, 5.74) is 1.85. The van der Waals surface area contributed by atoms with Crippen LogP contribution in [0, 0.1) is 26.7 Å². The van der Waals surface area contributed by atoms with Crippen molar-refractivity contribution in [3.05, 3.63) is 53.2 Å². The maximum Gasteiger partial charge on any atom is 0.410 e. The zero-order chi connectivity index (χ0) is 31.7. The summed E-state index contributed by atoms with van der Waals surface area (Å²) in [5.74, 6) is -1.26. The monoisotopic (exact) mass is 619 g/mol. The number of carboxylic acids is 1. The van der Waals surface area contributed by atoms with Crippen LogP contribution < -0.4 is 15.4 Å². The van der Waals surface area contributed by atoms with Crippen molar-refractivity contribution < 1.29 is 37.4 Å². The normalized spacial score (nSPS) is 17.5. The van der Waals surface area contributed by atoms with E-state index >= 15 is 0 Å². The Kier molecular flexibility index (Phi) is 11.9. The van der Waals surface area contributed by atoms with Crippen LogP contribution in [-0.2, 0) is 29.1 Å². The van der Waals surface area contributed by atoms with Crippen LogP contribution in [0.25, 0.3) is 0 Å². The number of aromatic nitrogens is 1. The first-order valence-electron chi connectivity index (χ1n) is 14.1. The fourth-order valence-electron chi connectivity index (χ4n) is 4.90. The van der Waals surface area contributed by atoms with E-state index in [1.165, 1.54) is 0 Å². The van der Waals surface area contributed by atoms with Crippen LogP contribution in [0.2, 0.25) is 0 Å². The van der Waals surface area contributed by atoms with E-state index in [4.69, 9.17) is 9.47 Å². The molecule has 236 valence electrons. The highest BCUT2D eigenvalue weighted by Gasteiger charge is 2.37. The Bertz CT molecular complexity index is 1360. The van der Waals surface area contributed by atoms with Crippen molar-refractivity contribution >= 4 is 33.8 Å². The van der Waals surface area contributed by atoms with Crippen LogP contribution in [0.4, 0.5) is 10.6 Å². The molecule has 3 rings (SSSR count). The van der Waals surface area contributed by atoms with Crippen molar-refractivity contribution in [3.8, 4) is 0 Å². The number of likely N-dealkylation sites (tertiary alicyclic amines) is 1. The Morgan fingerprint density at radius 1 is 1.14 bits per heavy atom. The van der Waals surface area contributed by atoms with Crippen LogP contribution in [0.5, 0.6) is 0 Å². The van der Waals surface area contributed by atoms with Gasteiger partial charge in [0.25, 0.3) is 0 Å². The minimum Gasteiger partial charge on any atom is -0.480 e. The molecule has 13 nitrogen and oxygen atoms in total. The van der Waals surface area contributed by atoms with Gasteiger partial charge < -0.3 is 30.1 Å². The van der Waals surface area contributed by atoms with Gasteiger partial charge in [-0.1, -0.05) is 37.6 Å². The molecule has 0 saturated carbocycles. The van der Waals surface area contributed by atoms with Gasteiger partial charge in [-0.3, -0.25) is 9.59 Å². The van der Waals surface area contributed by atoms with Crippen LogP contribution in [0.3, 0.4) is 0 Å². The lowest BCUT2D eigenvalue weighted by atomic mass is 10.1. The Morgan fingerprint density at radius 2 is 1.84 bits per heavy atom. The number of anilines is 1. The molecule has 1 aromatic carbocycles. The molecule has 1 aliphatic rings. The Balaban J connectivity index is 1.56. The minimum atomic E-state index is -4.19. The van der Waals surface area contributed by atoms with Crippen molar-refractivity contribution in [2.75, 3.05) is 38.2 Å². The van der Waals surface area contributed by atoms with Crippen molar-refractivity contribution in [2.45, 2.75) is 64.1 Å². The number of carboxylic acid groups (broad SMARTS) is 1. The van der Waals surface area contributed by atoms with Gasteiger partial charge in [0.1, 0.15) is 18.5 Å². The summed E-state index contributed by atoms with van der Waals surface area (Å²) in [6.07, 6.45) is 1.12. The number of hydrogen-bond donors (Lipinski definition) is 4. The number of nitrogens with one attached hydrogen (secondary N) is 3. The average Bonchev–Trinajstić information content (AvgIpc) is 3.34. The summed E-state index contributed by atoms with van der Waals surface area (Å²) in [7, 11) is -4.19. The molecule has 14 heteroatoms. The summed E-state index contributed by atoms with van der Waals surface area (Å²) in [6.45, 7) is 8.94. The van der Waals surface area contributed by atoms with E-state index in [-0.39, 0.29) is 30.0 Å². The van der Waals surface area contributed by atoms with Gasteiger partial charge in [-0.05, 0) is 56.4 Å². The van der Waals surface area contributed by atoms with Crippen LogP contribution in [0.15, 0.2) is 41.4 Å². The second-order valence-corrected chi connectivity index (χ2v) is 12.7. The van der Waals surface area contributed by atoms with E-state index in [0.29, 0.717) is 29.9 Å². The van der Waals surface area contributed by atoms with E-state index < -0.39 is 53.3 Å². The highest BCUT2D eigenvalue weighted by Crippen LogP contribution is 2.23. The lowest BCUT2D eigenvalue weighted by molar-refractivity contribution is -0.139. The number of amides is 2. The van der Waals surface area contributed by atoms with Gasteiger partial charge in [0.2, 0.25) is 15.9 Å². The predicted octanol–water partition coefficient (Wildman–Crippen LogP) is 2.22. The Labute approximate surface area is 252 Å². The number of sulfonamides is 1. The summed E-state index contributed by atoms with van der Waals surface area (Å²) in [6, 6.07) is 6.96. The zero-order valence-electron chi connectivity index (χ0n) is 25.1. The zero-order valence-corrected chi connectivity index (χ0v) is 25.9. The third kappa shape index (κ3) is 9.90. The minimum absolute atomic E-state index is 0.00353. The number of aliphatic carboxylic acids is 1. The topological polar surface area (TPSA) is 176 Å². The molecule has 1 aromatic heterocycles. The molecule has 3 atom stereocenters. The van der Waals surface area contributed by atoms with Crippen molar-refractivity contribution in [1.29, 1.82) is 0 Å². The lowest BCUT2D eigenvalue weighted by Crippen LogP contribution is -2.49. The molecule has 0 spiro atoms. The number of carbonyl (C=O) groups excluding carboxylic acids is 2. The van der Waals surface area contributed by atoms with Gasteiger partial charge in [0.15, 0.2) is 0 Å². The summed E-state index contributed by atoms with van der Waals surface area (Å²) < 4.78 is 39.4. The van der Waals surface area contributed by atoms with Crippen molar-refractivity contribution in [2.24, 2.45) is 5.92 Å². The third-order valence-electron chi connectivity index (χ3n) is 6.76. The molecule has 2 amide bonds. The van der Waals surface area contributed by atoms with Crippen LogP contribution in [-0.4, -0.2) is 92.4 Å². The van der Waals surface area contributed by atoms with Crippen molar-refractivity contribution in [1.82, 2.24) is 19.9 Å². The van der Waals surface area contributed by atoms with E-state index in [1.54, 1.807) is 43.1 Å². The first-order chi connectivity index (χ1) is 20.3. The van der Waals surface area contributed by atoms with Crippen LogP contribution >= 0.6 is 0 Å². The SMILES string of the molecule is Cc1cc(C)c(S(=O)(=O)NC(CNC(=O)COC2CC(CNc3ccccn3)N(C(=O)OCC(C)C)C2)C(=O)O)c(C)c1. The lowest BCUT2D eigenvalue weighted by Gasteiger charge is -2.24. The maximum absolute atomic E-state index is 13.0. The number of rotatable bonds is 14. The molecule has 43 heavy (non-hydrogen) atoms. The molecule has 0 radical (unpaired) electrons. The first kappa shape index (κ1) is 33.7. The fourth-order valence-corrected chi connectivity index (χ4v) is 6.54. The van der Waals surface area contributed by atoms with Gasteiger partial charge in [0.05, 0.1) is 30.2 Å². The number of aryl methyl sites for hydroxylation is 3. The molecule has 0 aliphatic carbocycles. The van der Waals surface area contributed by atoms with Crippen molar-refractivity contribution in [3.63, 3.8) is 0 Å². The Hall–Kier alpha value is -3.75. The first-order valence-corrected chi connectivity index (χ1v) is 15.5. The number of carbonyl (C=O) groups is 3. The quantitative estimate of drug-likeness (QED) is 0.245. The summed E-state index contributed by atoms with van der Waals surface area (Å²) >= 11 is 0. The number of hydrogen-bond acceptors (Lipinski definition) is 9. The molecule has 1 saturated heterocycles. The number of pyridine rings is 1. The second-order valence-electron chi connectivity index (χ2n) is 11.1. The Morgan fingerprint density at radius 3 is 2.44 bits per heavy atom. The van der Waals surface area contributed by atoms with Gasteiger partial charge in [-0.15, -0.1) is 0 Å². The second kappa shape index (κ2) is 15.1.